The highest BCUT2D eigenvalue weighted by Crippen LogP contribution is 2.52. The van der Waals surface area contributed by atoms with Gasteiger partial charge in [0, 0.05) is 0 Å². The van der Waals surface area contributed by atoms with Crippen molar-refractivity contribution in [2.75, 3.05) is 34.0 Å². The molecule has 134 valence electrons. The van der Waals surface area contributed by atoms with Crippen molar-refractivity contribution in [2.45, 2.75) is 13.0 Å². The Labute approximate surface area is 145 Å². The van der Waals surface area contributed by atoms with Gasteiger partial charge in [0.1, 0.15) is 12.7 Å². The Morgan fingerprint density at radius 3 is 2.72 bits per heavy atom. The fourth-order valence-corrected chi connectivity index (χ4v) is 3.30. The molecule has 7 nitrogen and oxygen atoms in total. The van der Waals surface area contributed by atoms with Gasteiger partial charge in [-0.15, -0.1) is 0 Å². The number of hydrogen-bond acceptors (Lipinski definition) is 7. The molecule has 0 bridgehead atoms. The second-order valence-electron chi connectivity index (χ2n) is 5.66. The summed E-state index contributed by atoms with van der Waals surface area (Å²) < 4.78 is 26.7. The maximum atomic E-state index is 12.8. The predicted octanol–water partition coefficient (Wildman–Crippen LogP) is 1.81. The molecule has 2 heterocycles. The molecule has 1 aromatic carbocycles. The number of esters is 2. The molecule has 1 saturated heterocycles. The van der Waals surface area contributed by atoms with E-state index in [1.54, 1.807) is 31.2 Å². The fraction of sp³-hybridized carbons (Fsp3) is 0.444. The van der Waals surface area contributed by atoms with Gasteiger partial charge in [-0.2, -0.15) is 0 Å². The lowest BCUT2D eigenvalue weighted by Crippen LogP contribution is -2.47. The lowest BCUT2D eigenvalue weighted by molar-refractivity contribution is -0.174. The number of cyclic esters (lactones) is 1. The van der Waals surface area contributed by atoms with Crippen LogP contribution in [0.3, 0.4) is 0 Å². The largest absolute Gasteiger partial charge is 0.493 e. The molecule has 0 aromatic heterocycles. The molecule has 2 aliphatic rings. The Balaban J connectivity index is 2.11. The zero-order chi connectivity index (χ0) is 18.0. The minimum atomic E-state index is -1.62. The normalized spacial score (nSPS) is 24.8. The molecule has 0 radical (unpaired) electrons. The van der Waals surface area contributed by atoms with Crippen molar-refractivity contribution >= 4 is 11.9 Å². The summed E-state index contributed by atoms with van der Waals surface area (Å²) >= 11 is 0. The van der Waals surface area contributed by atoms with E-state index in [4.69, 9.17) is 23.7 Å². The first-order chi connectivity index (χ1) is 12.1. The van der Waals surface area contributed by atoms with E-state index in [0.29, 0.717) is 22.6 Å². The van der Waals surface area contributed by atoms with Crippen molar-refractivity contribution in [3.8, 4) is 11.5 Å². The third-order valence-electron chi connectivity index (χ3n) is 4.48. The van der Waals surface area contributed by atoms with Crippen LogP contribution >= 0.6 is 0 Å². The molecule has 2 aliphatic heterocycles. The minimum Gasteiger partial charge on any atom is -0.493 e. The smallest absolute Gasteiger partial charge is 0.331 e. The van der Waals surface area contributed by atoms with Gasteiger partial charge in [0.15, 0.2) is 11.5 Å². The van der Waals surface area contributed by atoms with E-state index < -0.39 is 23.5 Å². The van der Waals surface area contributed by atoms with E-state index in [2.05, 4.69) is 0 Å². The van der Waals surface area contributed by atoms with Gasteiger partial charge in [-0.1, -0.05) is 6.07 Å². The molecule has 0 amide bonds. The Morgan fingerprint density at radius 1 is 1.28 bits per heavy atom. The van der Waals surface area contributed by atoms with Crippen LogP contribution < -0.4 is 9.47 Å². The molecule has 2 atom stereocenters. The third-order valence-corrected chi connectivity index (χ3v) is 4.48. The number of carbonyl (C=O) groups is 2. The van der Waals surface area contributed by atoms with Crippen molar-refractivity contribution in [1.29, 1.82) is 0 Å². The summed E-state index contributed by atoms with van der Waals surface area (Å²) in [5.74, 6) is -0.301. The molecule has 0 spiro atoms. The summed E-state index contributed by atoms with van der Waals surface area (Å²) in [6.07, 6.45) is 0.851. The van der Waals surface area contributed by atoms with Crippen LogP contribution in [0.1, 0.15) is 18.6 Å². The third kappa shape index (κ3) is 2.55. The van der Waals surface area contributed by atoms with Crippen LogP contribution in [0.2, 0.25) is 0 Å². The first-order valence-electron chi connectivity index (χ1n) is 7.97. The standard InChI is InChI=1S/C18H20O7/c1-4-23-16(19)18-12(7-8-24-17(18)20)10-25-15(18)11-5-6-13(21-2)14(9-11)22-3/h5-7,9,15H,4,8,10H2,1-3H3. The highest BCUT2D eigenvalue weighted by molar-refractivity contribution is 6.05. The van der Waals surface area contributed by atoms with Crippen LogP contribution in [0.25, 0.3) is 0 Å². The van der Waals surface area contributed by atoms with E-state index in [0.717, 1.165) is 0 Å². The van der Waals surface area contributed by atoms with Crippen LogP contribution in [0.15, 0.2) is 29.8 Å². The highest BCUT2D eigenvalue weighted by Gasteiger charge is 2.63. The number of methoxy groups -OCH3 is 2. The predicted molar refractivity (Wildman–Crippen MR) is 86.3 cm³/mol. The van der Waals surface area contributed by atoms with E-state index >= 15 is 0 Å². The summed E-state index contributed by atoms with van der Waals surface area (Å²) in [7, 11) is 3.04. The van der Waals surface area contributed by atoms with Gasteiger partial charge in [-0.05, 0) is 36.3 Å². The van der Waals surface area contributed by atoms with E-state index in [1.165, 1.54) is 14.2 Å². The summed E-state index contributed by atoms with van der Waals surface area (Å²) in [5, 5.41) is 0. The average molecular weight is 348 g/mol. The van der Waals surface area contributed by atoms with Gasteiger partial charge in [0.25, 0.3) is 0 Å². The number of fused-ring (bicyclic) bond motifs is 1. The zero-order valence-electron chi connectivity index (χ0n) is 14.4. The number of ether oxygens (including phenoxy) is 5. The molecule has 25 heavy (non-hydrogen) atoms. The maximum absolute atomic E-state index is 12.8. The maximum Gasteiger partial charge on any atom is 0.331 e. The average Bonchev–Trinajstić information content (AvgIpc) is 3.03. The topological polar surface area (TPSA) is 80.3 Å². The van der Waals surface area contributed by atoms with Crippen LogP contribution in [0.5, 0.6) is 11.5 Å². The van der Waals surface area contributed by atoms with Gasteiger partial charge >= 0.3 is 11.9 Å². The lowest BCUT2D eigenvalue weighted by atomic mass is 9.73. The van der Waals surface area contributed by atoms with E-state index in [9.17, 15) is 9.59 Å². The number of benzene rings is 1. The SMILES string of the molecule is CCOC(=O)C12C(=O)OCC=C1COC2c1ccc(OC)c(OC)c1. The zero-order valence-corrected chi connectivity index (χ0v) is 14.4. The molecule has 0 N–H and O–H groups in total. The van der Waals surface area contributed by atoms with Gasteiger partial charge in [0.2, 0.25) is 5.41 Å². The Morgan fingerprint density at radius 2 is 2.04 bits per heavy atom. The Kier molecular flexibility index (Phi) is 4.67. The van der Waals surface area contributed by atoms with Gasteiger partial charge < -0.3 is 23.7 Å². The van der Waals surface area contributed by atoms with Crippen molar-refractivity contribution in [2.24, 2.45) is 5.41 Å². The fourth-order valence-electron chi connectivity index (χ4n) is 3.30. The minimum absolute atomic E-state index is 0.122. The molecule has 1 fully saturated rings. The molecule has 7 heteroatoms. The van der Waals surface area contributed by atoms with Gasteiger partial charge in [0.05, 0.1) is 27.4 Å². The lowest BCUT2D eigenvalue weighted by Gasteiger charge is -2.32. The second kappa shape index (κ2) is 6.76. The quantitative estimate of drug-likeness (QED) is 0.456. The number of hydrogen-bond donors (Lipinski definition) is 0. The molecular weight excluding hydrogens is 328 g/mol. The summed E-state index contributed by atoms with van der Waals surface area (Å²) in [6.45, 7) is 2.12. The molecule has 2 unspecified atom stereocenters. The summed E-state index contributed by atoms with van der Waals surface area (Å²) in [5.41, 5.74) is -0.441. The number of rotatable bonds is 5. The number of carbonyl (C=O) groups excluding carboxylic acids is 2. The summed E-state index contributed by atoms with van der Waals surface area (Å²) in [6, 6.07) is 5.12. The monoisotopic (exact) mass is 348 g/mol. The summed E-state index contributed by atoms with van der Waals surface area (Å²) in [4.78, 5) is 25.4. The second-order valence-corrected chi connectivity index (χ2v) is 5.66. The Hall–Kier alpha value is -2.54. The Bertz CT molecular complexity index is 724. The van der Waals surface area contributed by atoms with Crippen molar-refractivity contribution < 1.29 is 33.3 Å². The molecular formula is C18H20O7. The van der Waals surface area contributed by atoms with E-state index in [-0.39, 0.29) is 19.8 Å². The van der Waals surface area contributed by atoms with Crippen LogP contribution in [-0.2, 0) is 23.8 Å². The van der Waals surface area contributed by atoms with Crippen molar-refractivity contribution in [3.05, 3.63) is 35.4 Å². The molecule has 0 aliphatic carbocycles. The first kappa shape index (κ1) is 17.3. The van der Waals surface area contributed by atoms with Crippen molar-refractivity contribution in [3.63, 3.8) is 0 Å². The van der Waals surface area contributed by atoms with Gasteiger partial charge in [-0.25, -0.2) is 0 Å². The van der Waals surface area contributed by atoms with Crippen LogP contribution in [0.4, 0.5) is 0 Å². The first-order valence-corrected chi connectivity index (χ1v) is 7.97. The van der Waals surface area contributed by atoms with Crippen molar-refractivity contribution in [1.82, 2.24) is 0 Å². The highest BCUT2D eigenvalue weighted by atomic mass is 16.6. The van der Waals surface area contributed by atoms with Crippen LogP contribution in [-0.4, -0.2) is 46.0 Å². The molecule has 3 rings (SSSR count). The van der Waals surface area contributed by atoms with Gasteiger partial charge in [-0.3, -0.25) is 9.59 Å². The molecule has 1 aromatic rings. The van der Waals surface area contributed by atoms with Crippen LogP contribution in [0, 0.1) is 5.41 Å². The van der Waals surface area contributed by atoms with E-state index in [1.807, 2.05) is 0 Å². The molecule has 0 saturated carbocycles.